The van der Waals surface area contributed by atoms with E-state index in [-0.39, 0.29) is 35.3 Å². The van der Waals surface area contributed by atoms with Crippen molar-refractivity contribution in [1.29, 1.82) is 0 Å². The molecule has 0 saturated carbocycles. The number of halogens is 2. The lowest BCUT2D eigenvalue weighted by molar-refractivity contribution is -0.141. The number of ketones is 1. The maximum absolute atomic E-state index is 12.7. The number of amides is 1. The molecule has 0 aliphatic carbocycles. The van der Waals surface area contributed by atoms with Gasteiger partial charge < -0.3 is 14.6 Å². The Hall–Kier alpha value is -1.71. The number of carbonyl (C=O) groups is 4. The van der Waals surface area contributed by atoms with Gasteiger partial charge >= 0.3 is 19.1 Å². The summed E-state index contributed by atoms with van der Waals surface area (Å²) in [5, 5.41) is 2.03. The van der Waals surface area contributed by atoms with E-state index in [1.807, 2.05) is 13.8 Å². The Morgan fingerprint density at radius 2 is 1.72 bits per heavy atom. The molecule has 1 amide bonds. The number of Topliss-reactive ketones (excluding diaryl/α,β-unsaturated/α-hetero) is 1. The van der Waals surface area contributed by atoms with Gasteiger partial charge in [0, 0.05) is 17.3 Å². The Labute approximate surface area is 202 Å². The van der Waals surface area contributed by atoms with Crippen molar-refractivity contribution in [2.45, 2.75) is 56.9 Å². The van der Waals surface area contributed by atoms with Crippen molar-refractivity contribution >= 4 is 65.7 Å². The molecule has 2 rings (SSSR count). The van der Waals surface area contributed by atoms with Crippen LogP contribution >= 0.6 is 35.0 Å². The zero-order valence-electron chi connectivity index (χ0n) is 18.4. The maximum Gasteiger partial charge on any atom is 0.602 e. The number of hydrogen-bond acceptors (Lipinski definition) is 7. The summed E-state index contributed by atoms with van der Waals surface area (Å²) in [6.45, 7) is 6.98. The van der Waals surface area contributed by atoms with E-state index < -0.39 is 41.3 Å². The van der Waals surface area contributed by atoms with E-state index in [0.717, 1.165) is 11.8 Å². The molecular weight excluding hydrogens is 476 g/mol. The van der Waals surface area contributed by atoms with Gasteiger partial charge in [-0.15, -0.1) is 11.8 Å². The predicted molar refractivity (Wildman–Crippen MR) is 126 cm³/mol. The van der Waals surface area contributed by atoms with Crippen LogP contribution in [0.1, 0.15) is 50.9 Å². The largest absolute Gasteiger partial charge is 0.602 e. The lowest BCUT2D eigenvalue weighted by Gasteiger charge is -2.28. The number of nitrogens with one attached hydrogen (secondary N) is 1. The number of benzene rings is 1. The number of rotatable bonds is 8. The van der Waals surface area contributed by atoms with Gasteiger partial charge in [0.15, 0.2) is 5.78 Å². The van der Waals surface area contributed by atoms with Crippen LogP contribution in [0.4, 0.5) is 0 Å². The average molecular weight is 502 g/mol. The summed E-state index contributed by atoms with van der Waals surface area (Å²) in [6.07, 6.45) is 0.448. The van der Waals surface area contributed by atoms with Crippen LogP contribution in [-0.4, -0.2) is 47.8 Å². The lowest BCUT2D eigenvalue weighted by Crippen LogP contribution is -2.43. The first-order valence-corrected chi connectivity index (χ1v) is 12.0. The molecule has 1 aromatic carbocycles. The van der Waals surface area contributed by atoms with Gasteiger partial charge in [-0.1, -0.05) is 37.0 Å². The SMILES string of the molecule is CC(C)C[C@H](CC(=O)CNC(=O)c1cc(Cl)ccc1Cl)B1OC(=O)[C@@H](C)S[C@H](C)C(=O)O1. The average Bonchev–Trinajstić information content (AvgIpc) is 2.71. The minimum absolute atomic E-state index is 0.0388. The predicted octanol–water partition coefficient (Wildman–Crippen LogP) is 4.20. The van der Waals surface area contributed by atoms with Crippen LogP contribution in [0.25, 0.3) is 0 Å². The maximum atomic E-state index is 12.7. The van der Waals surface area contributed by atoms with E-state index in [4.69, 9.17) is 32.5 Å². The molecule has 1 fully saturated rings. The first-order chi connectivity index (χ1) is 15.0. The smallest absolute Gasteiger partial charge is 0.498 e. The second kappa shape index (κ2) is 12.0. The van der Waals surface area contributed by atoms with Gasteiger partial charge in [-0.05, 0) is 44.4 Å². The first kappa shape index (κ1) is 26.5. The molecule has 1 saturated heterocycles. The highest BCUT2D eigenvalue weighted by atomic mass is 35.5. The van der Waals surface area contributed by atoms with Gasteiger partial charge in [0.05, 0.1) is 27.6 Å². The Morgan fingerprint density at radius 3 is 2.28 bits per heavy atom. The molecule has 7 nitrogen and oxygen atoms in total. The molecule has 0 radical (unpaired) electrons. The summed E-state index contributed by atoms with van der Waals surface area (Å²) in [4.78, 5) is 49.7. The first-order valence-electron chi connectivity index (χ1n) is 10.3. The minimum Gasteiger partial charge on any atom is -0.498 e. The van der Waals surface area contributed by atoms with Crippen molar-refractivity contribution in [3.8, 4) is 0 Å². The van der Waals surface area contributed by atoms with Crippen molar-refractivity contribution < 1.29 is 28.5 Å². The van der Waals surface area contributed by atoms with Gasteiger partial charge in [-0.2, -0.15) is 0 Å². The summed E-state index contributed by atoms with van der Waals surface area (Å²) < 4.78 is 10.9. The van der Waals surface area contributed by atoms with Gasteiger partial charge in [-0.3, -0.25) is 19.2 Å². The van der Waals surface area contributed by atoms with E-state index in [2.05, 4.69) is 5.32 Å². The molecule has 0 bridgehead atoms. The highest BCUT2D eigenvalue weighted by Crippen LogP contribution is 2.31. The molecule has 1 aliphatic heterocycles. The fourth-order valence-corrected chi connectivity index (χ4v) is 4.58. The fourth-order valence-electron chi connectivity index (χ4n) is 3.26. The third-order valence-electron chi connectivity index (χ3n) is 4.80. The van der Waals surface area contributed by atoms with E-state index in [0.29, 0.717) is 11.4 Å². The standard InChI is InChI=1S/C21H26BCl2NO6S/c1-11(2)7-14(22-30-20(28)12(3)32-13(4)21(29)31-22)8-16(26)10-25-19(27)17-9-15(23)5-6-18(17)24/h5-6,9,11-14H,7-8,10H2,1-4H3,(H,25,27)/t12-,13-,14-/m1/s1. The van der Waals surface area contributed by atoms with Crippen molar-refractivity contribution in [2.75, 3.05) is 6.54 Å². The van der Waals surface area contributed by atoms with Crippen molar-refractivity contribution in [3.05, 3.63) is 33.8 Å². The number of hydrogen-bond donors (Lipinski definition) is 1. The molecule has 11 heteroatoms. The Morgan fingerprint density at radius 1 is 1.12 bits per heavy atom. The minimum atomic E-state index is -1.16. The van der Waals surface area contributed by atoms with Crippen LogP contribution in [0, 0.1) is 5.92 Å². The normalized spacial score (nSPS) is 20.2. The topological polar surface area (TPSA) is 98.8 Å². The molecule has 174 valence electrons. The Kier molecular flexibility index (Phi) is 9.92. The zero-order chi connectivity index (χ0) is 24.0. The molecule has 1 aliphatic rings. The highest BCUT2D eigenvalue weighted by molar-refractivity contribution is 8.01. The molecule has 1 heterocycles. The lowest BCUT2D eigenvalue weighted by atomic mass is 9.65. The van der Waals surface area contributed by atoms with Crippen molar-refractivity contribution in [2.24, 2.45) is 5.92 Å². The van der Waals surface area contributed by atoms with Gasteiger partial charge in [0.1, 0.15) is 0 Å². The van der Waals surface area contributed by atoms with Gasteiger partial charge in [0.2, 0.25) is 0 Å². The molecule has 3 atom stereocenters. The third kappa shape index (κ3) is 7.71. The van der Waals surface area contributed by atoms with E-state index in [9.17, 15) is 19.2 Å². The summed E-state index contributed by atoms with van der Waals surface area (Å²) in [5.41, 5.74) is 0.161. The molecule has 0 unspecified atom stereocenters. The third-order valence-corrected chi connectivity index (χ3v) is 6.57. The quantitative estimate of drug-likeness (QED) is 0.533. The highest BCUT2D eigenvalue weighted by Gasteiger charge is 2.43. The second-order valence-corrected chi connectivity index (χ2v) is 10.6. The summed E-state index contributed by atoms with van der Waals surface area (Å²) in [7, 11) is -1.16. The van der Waals surface area contributed by atoms with Crippen molar-refractivity contribution in [3.63, 3.8) is 0 Å². The fraction of sp³-hybridized carbons (Fsp3) is 0.524. The van der Waals surface area contributed by atoms with Crippen molar-refractivity contribution in [1.82, 2.24) is 5.32 Å². The van der Waals surface area contributed by atoms with Gasteiger partial charge in [-0.25, -0.2) is 0 Å². The Bertz CT molecular complexity index is 862. The molecular formula is C21H26BCl2NO6S. The summed E-state index contributed by atoms with van der Waals surface area (Å²) in [5.74, 6) is -2.21. The second-order valence-electron chi connectivity index (χ2n) is 8.10. The van der Waals surface area contributed by atoms with E-state index >= 15 is 0 Å². The molecule has 1 aromatic rings. The monoisotopic (exact) mass is 501 g/mol. The van der Waals surface area contributed by atoms with Crippen LogP contribution in [-0.2, 0) is 23.7 Å². The van der Waals surface area contributed by atoms with Gasteiger partial charge in [0.25, 0.3) is 5.91 Å². The zero-order valence-corrected chi connectivity index (χ0v) is 20.7. The van der Waals surface area contributed by atoms with Crippen LogP contribution < -0.4 is 5.32 Å². The summed E-state index contributed by atoms with van der Waals surface area (Å²) >= 11 is 13.1. The van der Waals surface area contributed by atoms with E-state index in [1.54, 1.807) is 19.9 Å². The molecule has 0 aromatic heterocycles. The summed E-state index contributed by atoms with van der Waals surface area (Å²) in [6, 6.07) is 4.47. The van der Waals surface area contributed by atoms with Crippen LogP contribution in [0.3, 0.4) is 0 Å². The Balaban J connectivity index is 2.07. The van der Waals surface area contributed by atoms with Crippen LogP contribution in [0.15, 0.2) is 18.2 Å². The molecule has 32 heavy (non-hydrogen) atoms. The van der Waals surface area contributed by atoms with Crippen LogP contribution in [0.2, 0.25) is 15.9 Å². The van der Waals surface area contributed by atoms with E-state index in [1.165, 1.54) is 12.1 Å². The molecule has 1 N–H and O–H groups in total. The number of carbonyl (C=O) groups excluding carboxylic acids is 4. The molecule has 0 spiro atoms. The van der Waals surface area contributed by atoms with Crippen LogP contribution in [0.5, 0.6) is 0 Å². The number of thioether (sulfide) groups is 1.